The number of carbonyl (C=O) groups excluding carboxylic acids is 1. The van der Waals surface area contributed by atoms with Crippen LogP contribution in [0.5, 0.6) is 0 Å². The van der Waals surface area contributed by atoms with Crippen LogP contribution in [0.25, 0.3) is 0 Å². The molecule has 0 saturated heterocycles. The predicted octanol–water partition coefficient (Wildman–Crippen LogP) is 5.70. The fourth-order valence-corrected chi connectivity index (χ4v) is 6.48. The van der Waals surface area contributed by atoms with Crippen molar-refractivity contribution >= 4 is 5.97 Å². The van der Waals surface area contributed by atoms with Gasteiger partial charge in [0.2, 0.25) is 0 Å². The first-order valence-electron chi connectivity index (χ1n) is 10.4. The third-order valence-corrected chi connectivity index (χ3v) is 8.18. The summed E-state index contributed by atoms with van der Waals surface area (Å²) in [5.41, 5.74) is -0.529. The number of rotatable bonds is 6. The zero-order valence-corrected chi connectivity index (χ0v) is 16.9. The Bertz CT molecular complexity index is 498. The van der Waals surface area contributed by atoms with Crippen LogP contribution in [0.3, 0.4) is 0 Å². The summed E-state index contributed by atoms with van der Waals surface area (Å²) in [5.74, 6) is 4.80. The van der Waals surface area contributed by atoms with Crippen LogP contribution < -0.4 is 0 Å². The van der Waals surface area contributed by atoms with Crippen LogP contribution in [0.4, 0.5) is 0 Å². The van der Waals surface area contributed by atoms with Gasteiger partial charge in [0.05, 0.1) is 5.41 Å². The number of hydrogen-bond donors (Lipinski definition) is 0. The lowest BCUT2D eigenvalue weighted by atomic mass is 9.36. The lowest BCUT2D eigenvalue weighted by molar-refractivity contribution is -0.296. The van der Waals surface area contributed by atoms with Gasteiger partial charge in [0.25, 0.3) is 0 Å². The highest BCUT2D eigenvalue weighted by molar-refractivity contribution is 5.77. The van der Waals surface area contributed by atoms with Crippen LogP contribution in [0.2, 0.25) is 0 Å². The Morgan fingerprint density at radius 1 is 1.21 bits per heavy atom. The molecule has 138 valence electrons. The van der Waals surface area contributed by atoms with Gasteiger partial charge in [0, 0.05) is 11.8 Å². The highest BCUT2D eigenvalue weighted by atomic mass is 16.6. The average Bonchev–Trinajstić information content (AvgIpc) is 2.47. The van der Waals surface area contributed by atoms with Gasteiger partial charge in [-0.1, -0.05) is 41.0 Å². The van der Waals surface area contributed by atoms with Crippen molar-refractivity contribution in [1.82, 2.24) is 0 Å². The van der Waals surface area contributed by atoms with E-state index >= 15 is 0 Å². The molecule has 0 aromatic heterocycles. The standard InChI is InChI=1S/C22H38O2/c1-8-15(5)21(6,12-13(2)3)20(23)24-22(7)17-10-14(4)9-16-11-18(22)19(16)17/h13-19H,8-12H2,1-7H3. The van der Waals surface area contributed by atoms with Crippen LogP contribution in [0, 0.1) is 46.8 Å². The number of hydrogen-bond acceptors (Lipinski definition) is 2. The molecule has 0 amide bonds. The summed E-state index contributed by atoms with van der Waals surface area (Å²) in [4.78, 5) is 13.3. The second-order valence-electron chi connectivity index (χ2n) is 10.3. The van der Waals surface area contributed by atoms with Crippen molar-refractivity contribution in [1.29, 1.82) is 0 Å². The van der Waals surface area contributed by atoms with Crippen LogP contribution in [0.15, 0.2) is 0 Å². The van der Waals surface area contributed by atoms with Gasteiger partial charge < -0.3 is 4.74 Å². The molecule has 0 aromatic carbocycles. The first-order valence-corrected chi connectivity index (χ1v) is 10.4. The van der Waals surface area contributed by atoms with E-state index in [9.17, 15) is 4.79 Å². The summed E-state index contributed by atoms with van der Waals surface area (Å²) < 4.78 is 6.39. The molecule has 3 fully saturated rings. The monoisotopic (exact) mass is 334 g/mol. The fraction of sp³-hybridized carbons (Fsp3) is 0.955. The van der Waals surface area contributed by atoms with Crippen molar-refractivity contribution in [2.45, 2.75) is 86.2 Å². The molecule has 3 saturated carbocycles. The first-order chi connectivity index (χ1) is 11.1. The highest BCUT2D eigenvalue weighted by Crippen LogP contribution is 2.70. The summed E-state index contributed by atoms with van der Waals surface area (Å²) >= 11 is 0. The largest absolute Gasteiger partial charge is 0.458 e. The molecule has 2 nitrogen and oxygen atoms in total. The van der Waals surface area contributed by atoms with E-state index in [-0.39, 0.29) is 17.0 Å². The van der Waals surface area contributed by atoms with E-state index in [4.69, 9.17) is 4.74 Å². The van der Waals surface area contributed by atoms with E-state index in [0.29, 0.717) is 23.7 Å². The molecule has 0 aromatic rings. The molecule has 0 bridgehead atoms. The fourth-order valence-electron chi connectivity index (χ4n) is 6.48. The third kappa shape index (κ3) is 2.54. The lowest BCUT2D eigenvalue weighted by Gasteiger charge is -2.71. The summed E-state index contributed by atoms with van der Waals surface area (Å²) in [5, 5.41) is 0. The van der Waals surface area contributed by atoms with Crippen LogP contribution in [-0.2, 0) is 9.53 Å². The number of ether oxygens (including phenoxy) is 1. The molecule has 3 rings (SSSR count). The molecule has 8 unspecified atom stereocenters. The smallest absolute Gasteiger partial charge is 0.312 e. The van der Waals surface area contributed by atoms with Gasteiger partial charge in [0.15, 0.2) is 0 Å². The molecule has 0 aliphatic heterocycles. The van der Waals surface area contributed by atoms with Gasteiger partial charge in [-0.3, -0.25) is 4.79 Å². The second kappa shape index (κ2) is 6.02. The average molecular weight is 335 g/mol. The molecule has 0 spiro atoms. The van der Waals surface area contributed by atoms with Gasteiger partial charge in [-0.05, 0) is 69.1 Å². The van der Waals surface area contributed by atoms with Crippen LogP contribution in [-0.4, -0.2) is 11.6 Å². The highest BCUT2D eigenvalue weighted by Gasteiger charge is 2.71. The molecule has 24 heavy (non-hydrogen) atoms. The Morgan fingerprint density at radius 3 is 2.42 bits per heavy atom. The summed E-state index contributed by atoms with van der Waals surface area (Å²) in [6.07, 6.45) is 5.91. The van der Waals surface area contributed by atoms with E-state index in [2.05, 4.69) is 48.5 Å². The molecule has 0 radical (unpaired) electrons. The minimum absolute atomic E-state index is 0.0770. The van der Waals surface area contributed by atoms with E-state index in [1.807, 2.05) is 0 Å². The Morgan fingerprint density at radius 2 is 1.83 bits per heavy atom. The normalized spacial score (nSPS) is 43.9. The summed E-state index contributed by atoms with van der Waals surface area (Å²) in [6, 6.07) is 0. The van der Waals surface area contributed by atoms with E-state index in [1.54, 1.807) is 0 Å². The molecule has 0 N–H and O–H groups in total. The van der Waals surface area contributed by atoms with Crippen molar-refractivity contribution in [3.8, 4) is 0 Å². The molecule has 3 aliphatic carbocycles. The Hall–Kier alpha value is -0.530. The zero-order chi connectivity index (χ0) is 17.9. The predicted molar refractivity (Wildman–Crippen MR) is 98.5 cm³/mol. The van der Waals surface area contributed by atoms with Gasteiger partial charge in [-0.15, -0.1) is 0 Å². The third-order valence-electron chi connectivity index (χ3n) is 8.18. The topological polar surface area (TPSA) is 26.3 Å². The van der Waals surface area contributed by atoms with Gasteiger partial charge >= 0.3 is 5.97 Å². The Kier molecular flexibility index (Phi) is 4.58. The maximum atomic E-state index is 13.3. The van der Waals surface area contributed by atoms with E-state index in [1.165, 1.54) is 19.3 Å². The maximum Gasteiger partial charge on any atom is 0.312 e. The second-order valence-corrected chi connectivity index (χ2v) is 10.3. The van der Waals surface area contributed by atoms with E-state index < -0.39 is 0 Å². The van der Waals surface area contributed by atoms with Crippen molar-refractivity contribution in [2.75, 3.05) is 0 Å². The van der Waals surface area contributed by atoms with Gasteiger partial charge in [-0.25, -0.2) is 0 Å². The Labute approximate surface area is 149 Å². The Balaban J connectivity index is 1.75. The van der Waals surface area contributed by atoms with Crippen molar-refractivity contribution in [2.24, 2.45) is 46.8 Å². The van der Waals surface area contributed by atoms with Crippen molar-refractivity contribution < 1.29 is 9.53 Å². The molecule has 0 heterocycles. The minimum Gasteiger partial charge on any atom is -0.458 e. The van der Waals surface area contributed by atoms with Crippen LogP contribution >= 0.6 is 0 Å². The lowest BCUT2D eigenvalue weighted by Crippen LogP contribution is -2.73. The van der Waals surface area contributed by atoms with Gasteiger partial charge in [0.1, 0.15) is 5.60 Å². The van der Waals surface area contributed by atoms with Crippen molar-refractivity contribution in [3.63, 3.8) is 0 Å². The number of esters is 1. The summed E-state index contributed by atoms with van der Waals surface area (Å²) in [7, 11) is 0. The van der Waals surface area contributed by atoms with E-state index in [0.717, 1.165) is 30.6 Å². The zero-order valence-electron chi connectivity index (χ0n) is 16.9. The maximum absolute atomic E-state index is 13.3. The quantitative estimate of drug-likeness (QED) is 0.582. The van der Waals surface area contributed by atoms with Crippen molar-refractivity contribution in [3.05, 3.63) is 0 Å². The molecule has 2 heteroatoms. The number of carbonyl (C=O) groups is 1. The molecular formula is C22H38O2. The molecular weight excluding hydrogens is 296 g/mol. The minimum atomic E-state index is -0.347. The molecule has 8 atom stereocenters. The van der Waals surface area contributed by atoms with Gasteiger partial charge in [-0.2, -0.15) is 0 Å². The molecule has 3 aliphatic rings. The first kappa shape index (κ1) is 18.3. The SMILES string of the molecule is CCC(C)C(C)(CC(C)C)C(=O)OC1(C)C2CC(C)CC3CC1C32. The summed E-state index contributed by atoms with van der Waals surface area (Å²) in [6.45, 7) is 15.6. The van der Waals surface area contributed by atoms with Crippen LogP contribution in [0.1, 0.15) is 80.6 Å².